The summed E-state index contributed by atoms with van der Waals surface area (Å²) in [7, 11) is 0. The van der Waals surface area contributed by atoms with Gasteiger partial charge < -0.3 is 5.32 Å². The van der Waals surface area contributed by atoms with Gasteiger partial charge >= 0.3 is 0 Å². The van der Waals surface area contributed by atoms with Gasteiger partial charge in [0.05, 0.1) is 0 Å². The maximum absolute atomic E-state index is 4.15. The average Bonchev–Trinajstić information content (AvgIpc) is 3.10. The molecule has 20 heavy (non-hydrogen) atoms. The minimum Gasteiger partial charge on any atom is -0.311 e. The highest BCUT2D eigenvalue weighted by Crippen LogP contribution is 2.58. The largest absolute Gasteiger partial charge is 0.311 e. The summed E-state index contributed by atoms with van der Waals surface area (Å²) >= 11 is 0. The molecule has 4 rings (SSSR count). The molecule has 0 aliphatic heterocycles. The molecule has 0 saturated heterocycles. The van der Waals surface area contributed by atoms with Crippen molar-refractivity contribution in [3.8, 4) is 0 Å². The summed E-state index contributed by atoms with van der Waals surface area (Å²) in [6.45, 7) is 4.85. The molecule has 0 spiro atoms. The molecule has 0 aromatic rings. The first-order valence-corrected chi connectivity index (χ1v) is 9.48. The maximum Gasteiger partial charge on any atom is 0.0103 e. The Kier molecular flexibility index (Phi) is 3.61. The zero-order chi connectivity index (χ0) is 13.7. The van der Waals surface area contributed by atoms with E-state index in [4.69, 9.17) is 0 Å². The van der Waals surface area contributed by atoms with Gasteiger partial charge in [-0.25, -0.2) is 0 Å². The molecule has 7 unspecified atom stereocenters. The number of hydrogen-bond donors (Lipinski definition) is 1. The summed E-state index contributed by atoms with van der Waals surface area (Å²) in [4.78, 5) is 0. The van der Waals surface area contributed by atoms with Crippen molar-refractivity contribution in [2.24, 2.45) is 35.5 Å². The second-order valence-corrected chi connectivity index (χ2v) is 8.79. The Morgan fingerprint density at radius 1 is 0.800 bits per heavy atom. The van der Waals surface area contributed by atoms with Gasteiger partial charge in [-0.05, 0) is 74.0 Å². The highest BCUT2D eigenvalue weighted by atomic mass is 15.0. The van der Waals surface area contributed by atoms with Crippen molar-refractivity contribution in [1.82, 2.24) is 5.32 Å². The fourth-order valence-electron chi connectivity index (χ4n) is 6.55. The number of nitrogens with one attached hydrogen (secondary N) is 1. The summed E-state index contributed by atoms with van der Waals surface area (Å²) < 4.78 is 0. The highest BCUT2D eigenvalue weighted by Gasteiger charge is 2.53. The third kappa shape index (κ3) is 2.25. The van der Waals surface area contributed by atoms with E-state index in [9.17, 15) is 0 Å². The van der Waals surface area contributed by atoms with Crippen LogP contribution in [-0.4, -0.2) is 12.1 Å². The maximum atomic E-state index is 4.15. The van der Waals surface area contributed by atoms with Crippen molar-refractivity contribution in [2.75, 3.05) is 0 Å². The van der Waals surface area contributed by atoms with Crippen molar-refractivity contribution < 1.29 is 0 Å². The lowest BCUT2D eigenvalue weighted by molar-refractivity contribution is 0.165. The number of hydrogen-bond acceptors (Lipinski definition) is 1. The molecule has 114 valence electrons. The van der Waals surface area contributed by atoms with Gasteiger partial charge in [-0.2, -0.15) is 0 Å². The van der Waals surface area contributed by atoms with Crippen LogP contribution in [-0.2, 0) is 0 Å². The van der Waals surface area contributed by atoms with E-state index in [2.05, 4.69) is 19.2 Å². The van der Waals surface area contributed by atoms with Crippen molar-refractivity contribution >= 4 is 0 Å². The minimum absolute atomic E-state index is 0.848. The monoisotopic (exact) mass is 275 g/mol. The Morgan fingerprint density at radius 3 is 2.45 bits per heavy atom. The second-order valence-electron chi connectivity index (χ2n) is 8.79. The Balaban J connectivity index is 1.36. The van der Waals surface area contributed by atoms with E-state index < -0.39 is 0 Å². The van der Waals surface area contributed by atoms with Crippen LogP contribution in [0.5, 0.6) is 0 Å². The Hall–Kier alpha value is -0.0400. The number of rotatable bonds is 3. The van der Waals surface area contributed by atoms with Crippen LogP contribution in [0.3, 0.4) is 0 Å². The smallest absolute Gasteiger partial charge is 0.0103 e. The van der Waals surface area contributed by atoms with E-state index in [0.29, 0.717) is 0 Å². The lowest BCUT2D eigenvalue weighted by atomic mass is 9.76. The van der Waals surface area contributed by atoms with Crippen molar-refractivity contribution in [3.05, 3.63) is 0 Å². The molecule has 0 aromatic carbocycles. The van der Waals surface area contributed by atoms with Crippen LogP contribution in [0.2, 0.25) is 0 Å². The van der Waals surface area contributed by atoms with E-state index >= 15 is 0 Å². The van der Waals surface area contributed by atoms with Crippen LogP contribution < -0.4 is 5.32 Å². The van der Waals surface area contributed by atoms with Gasteiger partial charge in [0, 0.05) is 12.1 Å². The summed E-state index contributed by atoms with van der Waals surface area (Å²) in [5.74, 6) is 6.31. The molecule has 1 nitrogen and oxygen atoms in total. The molecule has 0 amide bonds. The fraction of sp³-hybridized carbons (Fsp3) is 1.00. The second kappa shape index (κ2) is 5.30. The van der Waals surface area contributed by atoms with Gasteiger partial charge in [0.2, 0.25) is 0 Å². The molecule has 1 heteroatoms. The topological polar surface area (TPSA) is 12.0 Å². The van der Waals surface area contributed by atoms with Crippen molar-refractivity contribution in [2.45, 2.75) is 83.7 Å². The quantitative estimate of drug-likeness (QED) is 0.793. The Morgan fingerprint density at radius 2 is 1.60 bits per heavy atom. The first-order valence-electron chi connectivity index (χ1n) is 9.48. The van der Waals surface area contributed by atoms with Crippen LogP contribution >= 0.6 is 0 Å². The van der Waals surface area contributed by atoms with Crippen LogP contribution in [0, 0.1) is 35.5 Å². The van der Waals surface area contributed by atoms with E-state index in [-0.39, 0.29) is 0 Å². The average molecular weight is 275 g/mol. The molecule has 4 aliphatic rings. The molecular formula is C19H33N. The summed E-state index contributed by atoms with van der Waals surface area (Å²) in [5.41, 5.74) is 0. The summed E-state index contributed by atoms with van der Waals surface area (Å²) in [6, 6.07) is 1.75. The van der Waals surface area contributed by atoms with E-state index in [1.807, 2.05) is 0 Å². The van der Waals surface area contributed by atoms with Crippen LogP contribution in [0.4, 0.5) is 0 Å². The first-order chi connectivity index (χ1) is 9.72. The lowest BCUT2D eigenvalue weighted by Gasteiger charge is -2.38. The molecule has 0 heterocycles. The normalized spacial score (nSPS) is 50.9. The van der Waals surface area contributed by atoms with Crippen molar-refractivity contribution in [1.29, 1.82) is 0 Å². The van der Waals surface area contributed by atoms with Gasteiger partial charge in [0.25, 0.3) is 0 Å². The van der Waals surface area contributed by atoms with E-state index in [0.717, 1.165) is 47.6 Å². The van der Waals surface area contributed by atoms with Crippen LogP contribution in [0.1, 0.15) is 71.6 Å². The SMILES string of the molecule is CC(C)C1CCCC(NC2CC3CC2C2CCCC32)C1. The molecule has 4 saturated carbocycles. The highest BCUT2D eigenvalue weighted by molar-refractivity contribution is 5.06. The van der Waals surface area contributed by atoms with E-state index in [1.165, 1.54) is 38.5 Å². The third-order valence-electron chi connectivity index (χ3n) is 7.54. The summed E-state index contributed by atoms with van der Waals surface area (Å²) in [5, 5.41) is 4.15. The Labute approximate surface area is 125 Å². The van der Waals surface area contributed by atoms with Crippen LogP contribution in [0.25, 0.3) is 0 Å². The standard InChI is InChI=1S/C19H33N/c1-12(2)13-5-3-6-15(9-13)20-19-11-14-10-18(19)17-8-4-7-16(14)17/h12-20H,3-11H2,1-2H3. The lowest BCUT2D eigenvalue weighted by Crippen LogP contribution is -2.46. The minimum atomic E-state index is 0.848. The molecule has 4 aliphatic carbocycles. The van der Waals surface area contributed by atoms with Gasteiger partial charge in [0.1, 0.15) is 0 Å². The fourth-order valence-corrected chi connectivity index (χ4v) is 6.55. The molecule has 7 atom stereocenters. The first kappa shape index (κ1) is 13.6. The zero-order valence-electron chi connectivity index (χ0n) is 13.5. The predicted octanol–water partition coefficient (Wildman–Crippen LogP) is 4.62. The van der Waals surface area contributed by atoms with Crippen molar-refractivity contribution in [3.63, 3.8) is 0 Å². The Bertz CT molecular complexity index is 350. The van der Waals surface area contributed by atoms with Gasteiger partial charge in [-0.1, -0.05) is 33.1 Å². The molecule has 4 fully saturated rings. The van der Waals surface area contributed by atoms with Gasteiger partial charge in [-0.3, -0.25) is 0 Å². The zero-order valence-corrected chi connectivity index (χ0v) is 13.5. The van der Waals surface area contributed by atoms with E-state index in [1.54, 1.807) is 19.3 Å². The molecular weight excluding hydrogens is 242 g/mol. The molecule has 0 aromatic heterocycles. The molecule has 2 bridgehead atoms. The summed E-state index contributed by atoms with van der Waals surface area (Å²) in [6.07, 6.45) is 13.6. The number of fused-ring (bicyclic) bond motifs is 5. The van der Waals surface area contributed by atoms with Gasteiger partial charge in [0.15, 0.2) is 0 Å². The third-order valence-corrected chi connectivity index (χ3v) is 7.54. The van der Waals surface area contributed by atoms with Gasteiger partial charge in [-0.15, -0.1) is 0 Å². The molecule has 1 N–H and O–H groups in total. The molecule has 0 radical (unpaired) electrons. The predicted molar refractivity (Wildman–Crippen MR) is 84.6 cm³/mol. The van der Waals surface area contributed by atoms with Crippen LogP contribution in [0.15, 0.2) is 0 Å².